The summed E-state index contributed by atoms with van der Waals surface area (Å²) in [4.78, 5) is 21.2. The molecule has 5 N–H and O–H groups in total. The van der Waals surface area contributed by atoms with Crippen molar-refractivity contribution in [2.75, 3.05) is 19.5 Å². The van der Waals surface area contributed by atoms with Crippen LogP contribution < -0.4 is 24.7 Å². The molecular formula is C16H21N13O7S2. The number of ether oxygens (including phenoxy) is 2. The summed E-state index contributed by atoms with van der Waals surface area (Å²) in [5, 5.41) is 27.4. The van der Waals surface area contributed by atoms with Crippen molar-refractivity contribution < 1.29 is 31.1 Å². The van der Waals surface area contributed by atoms with E-state index in [0.29, 0.717) is 0 Å². The largest absolute Gasteiger partial charge is 0.481 e. The van der Waals surface area contributed by atoms with Crippen LogP contribution in [0.1, 0.15) is 0 Å². The van der Waals surface area contributed by atoms with Gasteiger partial charge in [-0.15, -0.1) is 10.2 Å². The first-order valence-electron chi connectivity index (χ1n) is 9.93. The van der Waals surface area contributed by atoms with Gasteiger partial charge in [0.25, 0.3) is 20.0 Å². The molecule has 2 amide bonds. The van der Waals surface area contributed by atoms with Crippen LogP contribution in [0.3, 0.4) is 0 Å². The lowest BCUT2D eigenvalue weighted by Crippen LogP contribution is -2.36. The van der Waals surface area contributed by atoms with Crippen LogP contribution in [0.5, 0.6) is 11.8 Å². The van der Waals surface area contributed by atoms with Crippen molar-refractivity contribution in [2.45, 2.75) is 10.1 Å². The fourth-order valence-electron chi connectivity index (χ4n) is 2.66. The number of carbonyl (C=O) groups is 1. The molecule has 20 nitrogen and oxygen atoms in total. The van der Waals surface area contributed by atoms with Crippen molar-refractivity contribution in [3.8, 4) is 23.1 Å². The van der Waals surface area contributed by atoms with Gasteiger partial charge < -0.3 is 9.47 Å². The number of primary sulfonamides is 1. The topological polar surface area (TPSA) is 270 Å². The Balaban J connectivity index is 0.000000375. The number of tetrazole rings is 1. The number of aryl methyl sites for hydroxylation is 2. The second-order valence-corrected chi connectivity index (χ2v) is 10.0. The molecule has 0 unspecified atom stereocenters. The number of anilines is 1. The number of nitrogens with one attached hydrogen (secondary N) is 3. The lowest BCUT2D eigenvalue weighted by atomic mass is 10.3. The molecule has 4 aromatic rings. The summed E-state index contributed by atoms with van der Waals surface area (Å²) in [5.74, 6) is 0.0206. The van der Waals surface area contributed by atoms with Crippen molar-refractivity contribution in [2.24, 2.45) is 19.2 Å². The maximum Gasteiger partial charge on any atom is 0.335 e. The molecule has 0 atom stereocenters. The molecular weight excluding hydrogens is 550 g/mol. The third-order valence-electron chi connectivity index (χ3n) is 4.22. The molecule has 38 heavy (non-hydrogen) atoms. The van der Waals surface area contributed by atoms with E-state index < -0.39 is 26.1 Å². The molecule has 4 rings (SSSR count). The molecule has 0 saturated carbocycles. The van der Waals surface area contributed by atoms with Crippen LogP contribution in [0.15, 0.2) is 34.6 Å². The molecule has 0 spiro atoms. The van der Waals surface area contributed by atoms with Gasteiger partial charge >= 0.3 is 6.03 Å². The first-order chi connectivity index (χ1) is 17.8. The highest BCUT2D eigenvalue weighted by atomic mass is 32.2. The number of aromatic amines is 1. The SMILES string of the molecule is COc1cc(OC)nc(NC(=O)NS(=O)(=O)c2c(-c3nnn(C)n3)cnn2C)n1.NS(=O)(=O)c1ccn[nH]1. The number of hydrogen-bond donors (Lipinski definition) is 4. The zero-order chi connectivity index (χ0) is 28.1. The van der Waals surface area contributed by atoms with Gasteiger partial charge in [0.2, 0.25) is 23.5 Å². The van der Waals surface area contributed by atoms with Crippen LogP contribution in [-0.4, -0.2) is 87.2 Å². The van der Waals surface area contributed by atoms with Crippen LogP contribution in [0.25, 0.3) is 11.4 Å². The standard InChI is InChI=1S/C13H16N10O5S.C3H5N3O2S/c1-22-11(7(6-14-22)10-18-21-23(2)19-10)29(25,26)20-13(24)17-12-15-8(27-3)5-9(16-12)28-4;4-9(7,8)3-1-2-5-6-3/h5-6H,1-4H3,(H2,15,16,17,20,24);1-2H,(H,5,6)(H2,4,7,8). The molecule has 0 aliphatic carbocycles. The Labute approximate surface area is 214 Å². The number of sulfonamides is 2. The number of H-pyrrole nitrogens is 1. The number of methoxy groups -OCH3 is 2. The number of rotatable bonds is 7. The van der Waals surface area contributed by atoms with Crippen LogP contribution in [0.2, 0.25) is 0 Å². The van der Waals surface area contributed by atoms with Gasteiger partial charge in [-0.05, 0) is 11.3 Å². The molecule has 0 radical (unpaired) electrons. The minimum absolute atomic E-state index is 0.0299. The monoisotopic (exact) mass is 571 g/mol. The van der Waals surface area contributed by atoms with E-state index in [0.717, 1.165) is 9.48 Å². The average molecular weight is 572 g/mol. The molecule has 4 heterocycles. The zero-order valence-corrected chi connectivity index (χ0v) is 21.7. The highest BCUT2D eigenvalue weighted by Gasteiger charge is 2.28. The number of urea groups is 1. The smallest absolute Gasteiger partial charge is 0.335 e. The van der Waals surface area contributed by atoms with Crippen molar-refractivity contribution in [3.63, 3.8) is 0 Å². The Bertz CT molecular complexity index is 1610. The van der Waals surface area contributed by atoms with E-state index in [2.05, 4.69) is 46.0 Å². The van der Waals surface area contributed by atoms with E-state index in [1.165, 1.54) is 52.8 Å². The molecule has 0 aliphatic rings. The zero-order valence-electron chi connectivity index (χ0n) is 20.1. The van der Waals surface area contributed by atoms with Crippen molar-refractivity contribution >= 4 is 32.0 Å². The number of nitrogens with zero attached hydrogens (tertiary/aromatic N) is 9. The molecule has 0 fully saturated rings. The van der Waals surface area contributed by atoms with Gasteiger partial charge in [-0.2, -0.15) is 33.4 Å². The van der Waals surface area contributed by atoms with E-state index in [1.807, 2.05) is 4.72 Å². The van der Waals surface area contributed by atoms with E-state index in [9.17, 15) is 21.6 Å². The number of nitrogens with two attached hydrogens (primary N) is 1. The number of amides is 2. The summed E-state index contributed by atoms with van der Waals surface area (Å²) >= 11 is 0. The van der Waals surface area contributed by atoms with Gasteiger partial charge in [-0.3, -0.25) is 15.1 Å². The fraction of sp³-hybridized carbons (Fsp3) is 0.250. The van der Waals surface area contributed by atoms with Crippen LogP contribution in [0, 0.1) is 0 Å². The molecule has 0 bridgehead atoms. The first-order valence-corrected chi connectivity index (χ1v) is 13.0. The van der Waals surface area contributed by atoms with Crippen LogP contribution >= 0.6 is 0 Å². The predicted molar refractivity (Wildman–Crippen MR) is 125 cm³/mol. The van der Waals surface area contributed by atoms with Crippen molar-refractivity contribution in [1.82, 2.24) is 54.9 Å². The normalized spacial score (nSPS) is 11.3. The van der Waals surface area contributed by atoms with Crippen LogP contribution in [-0.2, 0) is 34.1 Å². The maximum absolute atomic E-state index is 12.8. The Morgan fingerprint density at radius 3 is 2.24 bits per heavy atom. The third kappa shape index (κ3) is 6.74. The Kier molecular flexibility index (Phi) is 8.17. The van der Waals surface area contributed by atoms with Gasteiger partial charge in [0, 0.05) is 7.05 Å². The van der Waals surface area contributed by atoms with E-state index in [-0.39, 0.29) is 39.1 Å². The van der Waals surface area contributed by atoms with E-state index in [1.54, 1.807) is 0 Å². The van der Waals surface area contributed by atoms with Gasteiger partial charge in [-0.25, -0.2) is 23.1 Å². The van der Waals surface area contributed by atoms with Gasteiger partial charge in [0.05, 0.1) is 45.3 Å². The third-order valence-corrected chi connectivity index (χ3v) is 6.51. The van der Waals surface area contributed by atoms with E-state index in [4.69, 9.17) is 14.6 Å². The molecule has 0 aliphatic heterocycles. The first kappa shape index (κ1) is 27.9. The van der Waals surface area contributed by atoms with Crippen molar-refractivity contribution in [3.05, 3.63) is 24.5 Å². The summed E-state index contributed by atoms with van der Waals surface area (Å²) < 4.78 is 59.2. The lowest BCUT2D eigenvalue weighted by molar-refractivity contribution is 0.256. The quantitative estimate of drug-likeness (QED) is 0.186. The second kappa shape index (κ2) is 11.1. The summed E-state index contributed by atoms with van der Waals surface area (Å²) in [6, 6.07) is 1.56. The number of carbonyl (C=O) groups excluding carboxylic acids is 1. The minimum atomic E-state index is -4.36. The fourth-order valence-corrected chi connectivity index (χ4v) is 4.31. The predicted octanol–water partition coefficient (Wildman–Crippen LogP) is -2.01. The second-order valence-electron chi connectivity index (χ2n) is 6.89. The average Bonchev–Trinajstić information content (AvgIpc) is 3.59. The van der Waals surface area contributed by atoms with Crippen molar-refractivity contribution in [1.29, 1.82) is 0 Å². The lowest BCUT2D eigenvalue weighted by Gasteiger charge is -2.10. The number of hydrogen-bond acceptors (Lipinski definition) is 14. The summed E-state index contributed by atoms with van der Waals surface area (Å²) in [7, 11) is -2.30. The van der Waals surface area contributed by atoms with E-state index >= 15 is 0 Å². The Hall–Kier alpha value is -4.70. The molecule has 0 saturated heterocycles. The Morgan fingerprint density at radius 2 is 1.76 bits per heavy atom. The highest BCUT2D eigenvalue weighted by molar-refractivity contribution is 7.90. The van der Waals surface area contributed by atoms with Gasteiger partial charge in [0.1, 0.15) is 0 Å². The molecule has 0 aromatic carbocycles. The highest BCUT2D eigenvalue weighted by Crippen LogP contribution is 2.23. The summed E-state index contributed by atoms with van der Waals surface area (Å²) in [5.41, 5.74) is 0.0696. The summed E-state index contributed by atoms with van der Waals surface area (Å²) in [6.45, 7) is 0. The Morgan fingerprint density at radius 1 is 1.11 bits per heavy atom. The molecule has 4 aromatic heterocycles. The molecule has 204 valence electrons. The maximum atomic E-state index is 12.8. The van der Waals surface area contributed by atoms with Gasteiger partial charge in [0.15, 0.2) is 10.1 Å². The van der Waals surface area contributed by atoms with Crippen LogP contribution in [0.4, 0.5) is 10.7 Å². The summed E-state index contributed by atoms with van der Waals surface area (Å²) in [6.07, 6.45) is 2.57. The minimum Gasteiger partial charge on any atom is -0.481 e. The number of aromatic nitrogens is 10. The van der Waals surface area contributed by atoms with Gasteiger partial charge in [-0.1, -0.05) is 0 Å². The molecule has 22 heteroatoms.